The zero-order valence-electron chi connectivity index (χ0n) is 13.9. The number of carbonyl (C=O) groups excluding carboxylic acids is 1. The van der Waals surface area contributed by atoms with Crippen molar-refractivity contribution in [2.75, 3.05) is 0 Å². The Balaban J connectivity index is 1.84. The van der Waals surface area contributed by atoms with E-state index in [4.69, 9.17) is 11.6 Å². The van der Waals surface area contributed by atoms with Gasteiger partial charge >= 0.3 is 0 Å². The van der Waals surface area contributed by atoms with Crippen LogP contribution in [-0.2, 0) is 0 Å². The van der Waals surface area contributed by atoms with Crippen LogP contribution < -0.4 is 5.43 Å². The third-order valence-electron chi connectivity index (χ3n) is 6.21. The van der Waals surface area contributed by atoms with Gasteiger partial charge in [-0.25, -0.2) is 5.43 Å². The quantitative estimate of drug-likeness (QED) is 0.656. The Morgan fingerprint density at radius 1 is 1.42 bits per heavy atom. The molecule has 6 nitrogen and oxygen atoms in total. The lowest BCUT2D eigenvalue weighted by atomic mass is 9.70. The number of nitrogens with one attached hydrogen (secondary N) is 1. The molecular weight excluding hydrogens is 330 g/mol. The number of hydrogen-bond acceptors (Lipinski definition) is 4. The van der Waals surface area contributed by atoms with Crippen LogP contribution in [0.3, 0.4) is 0 Å². The van der Waals surface area contributed by atoms with E-state index in [1.54, 1.807) is 0 Å². The lowest BCUT2D eigenvalue weighted by Crippen LogP contribution is -2.34. The van der Waals surface area contributed by atoms with Crippen LogP contribution in [0.2, 0.25) is 5.02 Å². The summed E-state index contributed by atoms with van der Waals surface area (Å²) >= 11 is 5.77. The van der Waals surface area contributed by atoms with Gasteiger partial charge in [-0.3, -0.25) is 14.9 Å². The minimum Gasteiger partial charge on any atom is -0.267 e. The molecule has 0 aromatic heterocycles. The molecule has 2 aliphatic carbocycles. The molecule has 1 aromatic rings. The molecule has 0 radical (unpaired) electrons. The van der Waals surface area contributed by atoms with Gasteiger partial charge in [0.1, 0.15) is 5.56 Å². The summed E-state index contributed by atoms with van der Waals surface area (Å²) in [6, 6.07) is 3.98. The zero-order chi connectivity index (χ0) is 17.7. The predicted octanol–water partition coefficient (Wildman–Crippen LogP) is 4.18. The Kier molecular flexibility index (Phi) is 3.91. The SMILES string of the molecule is CC1(C)[C@@H]2CC[C@@]1(C)/C(=N/NC(=O)c1ccc(Cl)cc1[N+](=O)[O-])C2. The predicted molar refractivity (Wildman–Crippen MR) is 92.2 cm³/mol. The van der Waals surface area contributed by atoms with Crippen molar-refractivity contribution in [1.29, 1.82) is 0 Å². The van der Waals surface area contributed by atoms with Gasteiger partial charge in [-0.2, -0.15) is 5.10 Å². The molecule has 2 fully saturated rings. The van der Waals surface area contributed by atoms with Gasteiger partial charge in [0.25, 0.3) is 11.6 Å². The van der Waals surface area contributed by atoms with E-state index in [1.807, 2.05) is 0 Å². The second kappa shape index (κ2) is 5.55. The molecule has 3 rings (SSSR count). The molecule has 0 spiro atoms. The first-order chi connectivity index (χ1) is 11.2. The first-order valence-corrected chi connectivity index (χ1v) is 8.36. The smallest absolute Gasteiger partial charge is 0.267 e. The van der Waals surface area contributed by atoms with Crippen molar-refractivity contribution in [3.05, 3.63) is 38.9 Å². The number of amides is 1. The highest BCUT2D eigenvalue weighted by molar-refractivity contribution is 6.31. The first-order valence-electron chi connectivity index (χ1n) is 7.98. The average Bonchev–Trinajstić information content (AvgIpc) is 2.85. The van der Waals surface area contributed by atoms with E-state index in [2.05, 4.69) is 31.3 Å². The van der Waals surface area contributed by atoms with Crippen LogP contribution >= 0.6 is 11.6 Å². The van der Waals surface area contributed by atoms with Crippen molar-refractivity contribution in [3.63, 3.8) is 0 Å². The Hall–Kier alpha value is -1.95. The number of hydrazone groups is 1. The van der Waals surface area contributed by atoms with Crippen molar-refractivity contribution < 1.29 is 9.72 Å². The van der Waals surface area contributed by atoms with E-state index >= 15 is 0 Å². The van der Waals surface area contributed by atoms with Crippen molar-refractivity contribution in [1.82, 2.24) is 5.43 Å². The summed E-state index contributed by atoms with van der Waals surface area (Å²) in [5.74, 6) is -0.0157. The minimum absolute atomic E-state index is 0.0309. The van der Waals surface area contributed by atoms with E-state index in [9.17, 15) is 14.9 Å². The van der Waals surface area contributed by atoms with Crippen molar-refractivity contribution in [3.8, 4) is 0 Å². The number of nitrogens with zero attached hydrogens (tertiary/aromatic N) is 2. The summed E-state index contributed by atoms with van der Waals surface area (Å²) in [6.45, 7) is 6.69. The molecule has 2 saturated carbocycles. The summed E-state index contributed by atoms with van der Waals surface area (Å²) in [7, 11) is 0. The molecule has 128 valence electrons. The summed E-state index contributed by atoms with van der Waals surface area (Å²) in [6.07, 6.45) is 3.10. The van der Waals surface area contributed by atoms with E-state index in [0.717, 1.165) is 18.6 Å². The molecule has 2 atom stereocenters. The monoisotopic (exact) mass is 349 g/mol. The number of benzene rings is 1. The van der Waals surface area contributed by atoms with E-state index in [-0.39, 0.29) is 27.1 Å². The molecule has 2 bridgehead atoms. The zero-order valence-corrected chi connectivity index (χ0v) is 14.7. The fraction of sp³-hybridized carbons (Fsp3) is 0.529. The number of carbonyl (C=O) groups is 1. The lowest BCUT2D eigenvalue weighted by molar-refractivity contribution is -0.385. The first kappa shape index (κ1) is 16.9. The van der Waals surface area contributed by atoms with Crippen molar-refractivity contribution >= 4 is 28.9 Å². The number of nitro groups is 1. The van der Waals surface area contributed by atoms with Gasteiger partial charge in [0.2, 0.25) is 0 Å². The molecular formula is C17H20ClN3O3. The molecule has 24 heavy (non-hydrogen) atoms. The Morgan fingerprint density at radius 2 is 2.12 bits per heavy atom. The molecule has 1 aromatic carbocycles. The molecule has 1 amide bonds. The van der Waals surface area contributed by atoms with E-state index in [1.165, 1.54) is 24.6 Å². The fourth-order valence-electron chi connectivity index (χ4n) is 4.12. The van der Waals surface area contributed by atoms with Crippen LogP contribution in [0.15, 0.2) is 23.3 Å². The van der Waals surface area contributed by atoms with Crippen LogP contribution in [0, 0.1) is 26.9 Å². The number of hydrogen-bond donors (Lipinski definition) is 1. The number of rotatable bonds is 3. The maximum absolute atomic E-state index is 12.3. The second-order valence-corrected chi connectivity index (χ2v) is 7.85. The standard InChI is InChI=1S/C17H20ClN3O3/c1-16(2)10-6-7-17(16,3)14(8-10)19-20-15(22)12-5-4-11(18)9-13(12)21(23)24/h4-5,9-10H,6-8H2,1-3H3,(H,20,22)/b19-14+/t10-,17+/m1/s1. The van der Waals surface area contributed by atoms with Gasteiger partial charge in [-0.05, 0) is 42.7 Å². The second-order valence-electron chi connectivity index (χ2n) is 7.41. The van der Waals surface area contributed by atoms with Gasteiger partial charge in [0.05, 0.1) is 4.92 Å². The van der Waals surface area contributed by atoms with Crippen LogP contribution in [-0.4, -0.2) is 16.5 Å². The van der Waals surface area contributed by atoms with Gasteiger partial charge in [0.15, 0.2) is 0 Å². The highest BCUT2D eigenvalue weighted by atomic mass is 35.5. The van der Waals surface area contributed by atoms with Gasteiger partial charge in [-0.15, -0.1) is 0 Å². The largest absolute Gasteiger partial charge is 0.283 e. The summed E-state index contributed by atoms with van der Waals surface area (Å²) < 4.78 is 0. The minimum atomic E-state index is -0.615. The third-order valence-corrected chi connectivity index (χ3v) is 6.44. The number of fused-ring (bicyclic) bond motifs is 2. The molecule has 0 aliphatic heterocycles. The van der Waals surface area contributed by atoms with E-state index < -0.39 is 10.8 Å². The van der Waals surface area contributed by atoms with Crippen LogP contribution in [0.4, 0.5) is 5.69 Å². The maximum atomic E-state index is 12.3. The lowest BCUT2D eigenvalue weighted by Gasteiger charge is -2.34. The third kappa shape index (κ3) is 2.40. The van der Waals surface area contributed by atoms with Gasteiger partial charge < -0.3 is 0 Å². The summed E-state index contributed by atoms with van der Waals surface area (Å²) in [4.78, 5) is 22.8. The maximum Gasteiger partial charge on any atom is 0.283 e. The van der Waals surface area contributed by atoms with Crippen LogP contribution in [0.5, 0.6) is 0 Å². The molecule has 1 N–H and O–H groups in total. The highest BCUT2D eigenvalue weighted by Crippen LogP contribution is 2.63. The van der Waals surface area contributed by atoms with Gasteiger partial charge in [0, 0.05) is 22.2 Å². The Bertz CT molecular complexity index is 759. The number of nitro benzene ring substituents is 1. The Labute approximate surface area is 145 Å². The van der Waals surface area contributed by atoms with Gasteiger partial charge in [-0.1, -0.05) is 32.4 Å². The van der Waals surface area contributed by atoms with Crippen LogP contribution in [0.25, 0.3) is 0 Å². The topological polar surface area (TPSA) is 84.6 Å². The molecule has 0 heterocycles. The summed E-state index contributed by atoms with van der Waals surface area (Å²) in [5, 5.41) is 15.7. The van der Waals surface area contributed by atoms with Crippen LogP contribution in [0.1, 0.15) is 50.4 Å². The molecule has 2 aliphatic rings. The molecule has 0 unspecified atom stereocenters. The summed E-state index contributed by atoms with van der Waals surface area (Å²) in [5.41, 5.74) is 3.25. The molecule has 0 saturated heterocycles. The number of halogens is 1. The van der Waals surface area contributed by atoms with Crippen molar-refractivity contribution in [2.24, 2.45) is 21.8 Å². The molecule has 7 heteroatoms. The highest BCUT2D eigenvalue weighted by Gasteiger charge is 2.60. The Morgan fingerprint density at radius 3 is 2.67 bits per heavy atom. The fourth-order valence-corrected chi connectivity index (χ4v) is 4.29. The van der Waals surface area contributed by atoms with E-state index in [0.29, 0.717) is 5.92 Å². The average molecular weight is 350 g/mol. The normalized spacial score (nSPS) is 29.0. The van der Waals surface area contributed by atoms with Crippen molar-refractivity contribution in [2.45, 2.75) is 40.0 Å².